The number of carboxylic acids is 1. The normalized spacial score (nSPS) is 11.2. The third-order valence-electron chi connectivity index (χ3n) is 3.20. The van der Waals surface area contributed by atoms with E-state index in [2.05, 4.69) is 15.3 Å². The number of nitrogens with one attached hydrogen (secondary N) is 1. The van der Waals surface area contributed by atoms with Crippen LogP contribution in [0.25, 0.3) is 20.4 Å². The minimum Gasteiger partial charge on any atom is -0.478 e. The molecule has 0 amide bonds. The number of thiazole rings is 2. The Kier molecular flexibility index (Phi) is 3.21. The highest BCUT2D eigenvalue weighted by atomic mass is 32.1. The van der Waals surface area contributed by atoms with E-state index < -0.39 is 5.97 Å². The summed E-state index contributed by atoms with van der Waals surface area (Å²) in [5, 5.41) is 13.3. The van der Waals surface area contributed by atoms with Crippen LogP contribution >= 0.6 is 22.7 Å². The molecule has 0 fully saturated rings. The first kappa shape index (κ1) is 14.0. The first-order chi connectivity index (χ1) is 11.1. The van der Waals surface area contributed by atoms with Crippen LogP contribution < -0.4 is 5.32 Å². The van der Waals surface area contributed by atoms with E-state index in [9.17, 15) is 9.18 Å². The van der Waals surface area contributed by atoms with Crippen molar-refractivity contribution >= 4 is 59.3 Å². The van der Waals surface area contributed by atoms with Gasteiger partial charge in [0.2, 0.25) is 0 Å². The Bertz CT molecular complexity index is 1060. The van der Waals surface area contributed by atoms with Crippen molar-refractivity contribution < 1.29 is 14.3 Å². The van der Waals surface area contributed by atoms with Crippen LogP contribution in [0.4, 0.5) is 14.7 Å². The standard InChI is InChI=1S/C15H8FN3O2S2/c16-8-2-4-10-12(6-8)23-15(18-10)19-14-17-9-3-1-7(13(20)21)5-11(9)22-14/h1-6H,(H,20,21)(H,17,18,19). The summed E-state index contributed by atoms with van der Waals surface area (Å²) in [5.74, 6) is -1.27. The monoisotopic (exact) mass is 345 g/mol. The Hall–Kier alpha value is -2.58. The van der Waals surface area contributed by atoms with Crippen LogP contribution in [0, 0.1) is 5.82 Å². The molecular formula is C15H8FN3O2S2. The fourth-order valence-electron chi connectivity index (χ4n) is 2.15. The zero-order chi connectivity index (χ0) is 16.0. The largest absolute Gasteiger partial charge is 0.478 e. The molecule has 8 heteroatoms. The van der Waals surface area contributed by atoms with E-state index in [0.717, 1.165) is 14.9 Å². The van der Waals surface area contributed by atoms with E-state index in [-0.39, 0.29) is 11.4 Å². The zero-order valence-corrected chi connectivity index (χ0v) is 13.0. The van der Waals surface area contributed by atoms with Gasteiger partial charge in [-0.15, -0.1) is 0 Å². The molecule has 0 aliphatic heterocycles. The number of anilines is 2. The van der Waals surface area contributed by atoms with Gasteiger partial charge in [-0.25, -0.2) is 19.2 Å². The molecule has 0 saturated heterocycles. The summed E-state index contributed by atoms with van der Waals surface area (Å²) >= 11 is 2.68. The Morgan fingerprint density at radius 2 is 1.61 bits per heavy atom. The van der Waals surface area contributed by atoms with E-state index in [4.69, 9.17) is 5.11 Å². The van der Waals surface area contributed by atoms with E-state index in [1.165, 1.54) is 40.9 Å². The molecule has 0 saturated carbocycles. The van der Waals surface area contributed by atoms with E-state index in [1.54, 1.807) is 18.2 Å². The minimum atomic E-state index is -0.969. The predicted molar refractivity (Wildman–Crippen MR) is 89.4 cm³/mol. The Balaban J connectivity index is 1.69. The number of carboxylic acid groups (broad SMARTS) is 1. The van der Waals surface area contributed by atoms with Gasteiger partial charge in [0.05, 0.1) is 26.0 Å². The lowest BCUT2D eigenvalue weighted by atomic mass is 10.2. The second-order valence-electron chi connectivity index (χ2n) is 4.76. The molecule has 5 nitrogen and oxygen atoms in total. The van der Waals surface area contributed by atoms with Crippen molar-refractivity contribution in [1.82, 2.24) is 9.97 Å². The van der Waals surface area contributed by atoms with Crippen molar-refractivity contribution in [1.29, 1.82) is 0 Å². The molecule has 23 heavy (non-hydrogen) atoms. The van der Waals surface area contributed by atoms with Gasteiger partial charge in [0, 0.05) is 0 Å². The molecule has 0 atom stereocenters. The molecule has 0 spiro atoms. The maximum atomic E-state index is 13.2. The predicted octanol–water partition coefficient (Wildman–Crippen LogP) is 4.49. The molecule has 4 rings (SSSR count). The van der Waals surface area contributed by atoms with Crippen LogP contribution in [0.15, 0.2) is 36.4 Å². The van der Waals surface area contributed by atoms with E-state index in [0.29, 0.717) is 15.8 Å². The molecular weight excluding hydrogens is 337 g/mol. The molecule has 0 radical (unpaired) electrons. The van der Waals surface area contributed by atoms with Crippen molar-refractivity contribution in [3.8, 4) is 0 Å². The fourth-order valence-corrected chi connectivity index (χ4v) is 4.01. The highest BCUT2D eigenvalue weighted by Crippen LogP contribution is 2.32. The first-order valence-electron chi connectivity index (χ1n) is 6.55. The zero-order valence-electron chi connectivity index (χ0n) is 11.4. The van der Waals surface area contributed by atoms with Gasteiger partial charge in [0.25, 0.3) is 0 Å². The molecule has 2 N–H and O–H groups in total. The molecule has 0 aliphatic carbocycles. The van der Waals surface area contributed by atoms with Crippen molar-refractivity contribution in [2.75, 3.05) is 5.32 Å². The number of aromatic carboxylic acids is 1. The van der Waals surface area contributed by atoms with Crippen LogP contribution in [-0.2, 0) is 0 Å². The van der Waals surface area contributed by atoms with Crippen LogP contribution in [0.2, 0.25) is 0 Å². The van der Waals surface area contributed by atoms with E-state index >= 15 is 0 Å². The van der Waals surface area contributed by atoms with Crippen LogP contribution in [0.5, 0.6) is 0 Å². The quantitative estimate of drug-likeness (QED) is 0.572. The lowest BCUT2D eigenvalue weighted by molar-refractivity contribution is 0.0697. The third-order valence-corrected chi connectivity index (χ3v) is 5.07. The molecule has 0 unspecified atom stereocenters. The molecule has 2 aromatic carbocycles. The van der Waals surface area contributed by atoms with Crippen molar-refractivity contribution in [2.45, 2.75) is 0 Å². The number of carbonyl (C=O) groups is 1. The number of halogens is 1. The Labute approximate surface area is 137 Å². The smallest absolute Gasteiger partial charge is 0.335 e. The van der Waals surface area contributed by atoms with Gasteiger partial charge in [-0.2, -0.15) is 0 Å². The van der Waals surface area contributed by atoms with Crippen LogP contribution in [-0.4, -0.2) is 21.0 Å². The van der Waals surface area contributed by atoms with Crippen molar-refractivity contribution in [2.24, 2.45) is 0 Å². The average Bonchev–Trinajstić information content (AvgIpc) is 3.08. The Morgan fingerprint density at radius 3 is 2.26 bits per heavy atom. The number of hydrogen-bond acceptors (Lipinski definition) is 6. The lowest BCUT2D eigenvalue weighted by Crippen LogP contribution is -1.94. The van der Waals surface area contributed by atoms with Crippen LogP contribution in [0.1, 0.15) is 10.4 Å². The van der Waals surface area contributed by atoms with Gasteiger partial charge in [-0.3, -0.25) is 0 Å². The van der Waals surface area contributed by atoms with E-state index in [1.807, 2.05) is 0 Å². The highest BCUT2D eigenvalue weighted by molar-refractivity contribution is 7.24. The van der Waals surface area contributed by atoms with Crippen molar-refractivity contribution in [3.05, 3.63) is 47.8 Å². The number of aromatic nitrogens is 2. The van der Waals surface area contributed by atoms with Gasteiger partial charge >= 0.3 is 5.97 Å². The molecule has 2 aromatic heterocycles. The number of fused-ring (bicyclic) bond motifs is 2. The van der Waals surface area contributed by atoms with Gasteiger partial charge in [0.1, 0.15) is 5.82 Å². The summed E-state index contributed by atoms with van der Waals surface area (Å²) in [6.45, 7) is 0. The topological polar surface area (TPSA) is 75.1 Å². The maximum absolute atomic E-state index is 13.2. The summed E-state index contributed by atoms with van der Waals surface area (Å²) in [4.78, 5) is 19.8. The highest BCUT2D eigenvalue weighted by Gasteiger charge is 2.10. The molecule has 114 valence electrons. The summed E-state index contributed by atoms with van der Waals surface area (Å²) in [6.07, 6.45) is 0. The maximum Gasteiger partial charge on any atom is 0.335 e. The first-order valence-corrected chi connectivity index (χ1v) is 8.19. The van der Waals surface area contributed by atoms with Gasteiger partial charge in [-0.05, 0) is 36.4 Å². The van der Waals surface area contributed by atoms with Gasteiger partial charge in [-0.1, -0.05) is 22.7 Å². The SMILES string of the molecule is O=C(O)c1ccc2nc(Nc3nc4ccc(F)cc4s3)sc2c1. The van der Waals surface area contributed by atoms with Gasteiger partial charge < -0.3 is 10.4 Å². The minimum absolute atomic E-state index is 0.225. The Morgan fingerprint density at radius 1 is 1.00 bits per heavy atom. The second-order valence-corrected chi connectivity index (χ2v) is 6.82. The summed E-state index contributed by atoms with van der Waals surface area (Å²) < 4.78 is 14.7. The average molecular weight is 345 g/mol. The number of nitrogens with zero attached hydrogens (tertiary/aromatic N) is 2. The van der Waals surface area contributed by atoms with Gasteiger partial charge in [0.15, 0.2) is 10.3 Å². The third kappa shape index (κ3) is 2.62. The molecule has 2 heterocycles. The number of rotatable bonds is 3. The summed E-state index contributed by atoms with van der Waals surface area (Å²) in [6, 6.07) is 9.23. The fraction of sp³-hybridized carbons (Fsp3) is 0. The molecule has 0 bridgehead atoms. The number of benzene rings is 2. The lowest BCUT2D eigenvalue weighted by Gasteiger charge is -1.93. The second kappa shape index (κ2) is 5.25. The molecule has 0 aliphatic rings. The van der Waals surface area contributed by atoms with Crippen LogP contribution in [0.3, 0.4) is 0 Å². The van der Waals surface area contributed by atoms with Crippen molar-refractivity contribution in [3.63, 3.8) is 0 Å². The number of hydrogen-bond donors (Lipinski definition) is 2. The summed E-state index contributed by atoms with van der Waals surface area (Å²) in [5.41, 5.74) is 1.66. The molecule has 4 aromatic rings. The summed E-state index contributed by atoms with van der Waals surface area (Å²) in [7, 11) is 0.